The predicted octanol–water partition coefficient (Wildman–Crippen LogP) is 3.04. The van der Waals surface area contributed by atoms with Crippen LogP contribution in [-0.4, -0.2) is 15.7 Å². The molecule has 0 spiro atoms. The number of nitrogens with zero attached hydrogens (tertiary/aromatic N) is 2. The zero-order valence-electron chi connectivity index (χ0n) is 14.3. The highest BCUT2D eigenvalue weighted by Crippen LogP contribution is 2.29. The number of para-hydroxylation sites is 1. The van der Waals surface area contributed by atoms with E-state index in [2.05, 4.69) is 22.5 Å². The summed E-state index contributed by atoms with van der Waals surface area (Å²) in [4.78, 5) is 24.8. The standard InChI is InChI=1S/C21H19N3O2/c25-20-14-13-19(23-24(20)16-9-2-1-3-10-16)21(26)22-18-12-6-8-15-7-4-5-11-17(15)18/h1-5,7,9-11,13-14,18H,6,8,12H2,(H,22,26). The van der Waals surface area contributed by atoms with E-state index in [1.807, 2.05) is 30.3 Å². The first-order chi connectivity index (χ1) is 12.7. The third kappa shape index (κ3) is 3.16. The van der Waals surface area contributed by atoms with Crippen LogP contribution in [0.15, 0.2) is 71.5 Å². The minimum Gasteiger partial charge on any atom is -0.344 e. The molecule has 0 saturated heterocycles. The fraction of sp³-hybridized carbons (Fsp3) is 0.190. The Bertz CT molecular complexity index is 995. The Balaban J connectivity index is 1.61. The summed E-state index contributed by atoms with van der Waals surface area (Å²) in [6, 6.07) is 20.1. The number of hydrogen-bond donors (Lipinski definition) is 1. The SMILES string of the molecule is O=C(NC1CCCc2ccccc21)c1ccc(=O)n(-c2ccccc2)n1. The summed E-state index contributed by atoms with van der Waals surface area (Å²) in [5.74, 6) is -0.267. The molecule has 0 fully saturated rings. The Morgan fingerprint density at radius 2 is 1.77 bits per heavy atom. The number of hydrogen-bond acceptors (Lipinski definition) is 3. The maximum atomic E-state index is 12.7. The van der Waals surface area contributed by atoms with Gasteiger partial charge in [-0.2, -0.15) is 9.78 Å². The molecule has 26 heavy (non-hydrogen) atoms. The van der Waals surface area contributed by atoms with Crippen LogP contribution in [0.4, 0.5) is 0 Å². The molecule has 1 N–H and O–H groups in total. The van der Waals surface area contributed by atoms with Crippen molar-refractivity contribution in [3.63, 3.8) is 0 Å². The second kappa shape index (κ2) is 6.96. The van der Waals surface area contributed by atoms with Gasteiger partial charge in [0.05, 0.1) is 11.7 Å². The van der Waals surface area contributed by atoms with E-state index in [1.165, 1.54) is 27.9 Å². The summed E-state index contributed by atoms with van der Waals surface area (Å²) in [6.45, 7) is 0. The average molecular weight is 345 g/mol. The zero-order valence-corrected chi connectivity index (χ0v) is 14.3. The minimum absolute atomic E-state index is 0.0219. The molecule has 3 aromatic rings. The molecule has 0 radical (unpaired) electrons. The summed E-state index contributed by atoms with van der Waals surface area (Å²) in [6.07, 6.45) is 2.99. The molecule has 2 aromatic carbocycles. The van der Waals surface area contributed by atoms with Gasteiger partial charge in [-0.05, 0) is 48.6 Å². The van der Waals surface area contributed by atoms with E-state index >= 15 is 0 Å². The molecule has 5 heteroatoms. The van der Waals surface area contributed by atoms with Gasteiger partial charge in [0.25, 0.3) is 11.5 Å². The van der Waals surface area contributed by atoms with Crippen molar-refractivity contribution in [2.24, 2.45) is 0 Å². The first kappa shape index (κ1) is 16.3. The molecule has 4 rings (SSSR count). The van der Waals surface area contributed by atoms with Crippen molar-refractivity contribution in [3.05, 3.63) is 93.9 Å². The molecular formula is C21H19N3O2. The molecule has 0 saturated carbocycles. The van der Waals surface area contributed by atoms with E-state index in [0.717, 1.165) is 19.3 Å². The van der Waals surface area contributed by atoms with Gasteiger partial charge in [0.2, 0.25) is 0 Å². The summed E-state index contributed by atoms with van der Waals surface area (Å²) in [7, 11) is 0. The van der Waals surface area contributed by atoms with Gasteiger partial charge in [-0.15, -0.1) is 0 Å². The normalized spacial score (nSPS) is 15.9. The van der Waals surface area contributed by atoms with Gasteiger partial charge in [0.1, 0.15) is 5.69 Å². The summed E-state index contributed by atoms with van der Waals surface area (Å²) in [5.41, 5.74) is 3.05. The van der Waals surface area contributed by atoms with Crippen LogP contribution in [0, 0.1) is 0 Å². The van der Waals surface area contributed by atoms with E-state index in [-0.39, 0.29) is 23.2 Å². The van der Waals surface area contributed by atoms with Crippen molar-refractivity contribution in [1.82, 2.24) is 15.1 Å². The van der Waals surface area contributed by atoms with E-state index in [0.29, 0.717) is 5.69 Å². The topological polar surface area (TPSA) is 64.0 Å². The highest BCUT2D eigenvalue weighted by Gasteiger charge is 2.22. The fourth-order valence-corrected chi connectivity index (χ4v) is 3.42. The van der Waals surface area contributed by atoms with Crippen LogP contribution in [0.3, 0.4) is 0 Å². The maximum absolute atomic E-state index is 12.7. The largest absolute Gasteiger partial charge is 0.344 e. The lowest BCUT2D eigenvalue weighted by atomic mass is 9.87. The van der Waals surface area contributed by atoms with Gasteiger partial charge < -0.3 is 5.32 Å². The monoisotopic (exact) mass is 345 g/mol. The lowest BCUT2D eigenvalue weighted by molar-refractivity contribution is 0.0926. The molecular weight excluding hydrogens is 326 g/mol. The number of aromatic nitrogens is 2. The predicted molar refractivity (Wildman–Crippen MR) is 99.4 cm³/mol. The number of fused-ring (bicyclic) bond motifs is 1. The molecule has 1 aliphatic rings. The van der Waals surface area contributed by atoms with Crippen LogP contribution in [0.2, 0.25) is 0 Å². The first-order valence-electron chi connectivity index (χ1n) is 8.77. The van der Waals surface area contributed by atoms with Gasteiger partial charge >= 0.3 is 0 Å². The van der Waals surface area contributed by atoms with Crippen molar-refractivity contribution < 1.29 is 4.79 Å². The number of carbonyl (C=O) groups excluding carboxylic acids is 1. The van der Waals surface area contributed by atoms with Gasteiger partial charge in [0, 0.05) is 6.07 Å². The van der Waals surface area contributed by atoms with Crippen molar-refractivity contribution >= 4 is 5.91 Å². The number of rotatable bonds is 3. The van der Waals surface area contributed by atoms with Crippen molar-refractivity contribution in [3.8, 4) is 5.69 Å². The number of amides is 1. The third-order valence-electron chi connectivity index (χ3n) is 4.71. The maximum Gasteiger partial charge on any atom is 0.272 e. The van der Waals surface area contributed by atoms with Gasteiger partial charge in [0.15, 0.2) is 0 Å². The first-order valence-corrected chi connectivity index (χ1v) is 8.77. The van der Waals surface area contributed by atoms with Crippen LogP contribution in [0.5, 0.6) is 0 Å². The Morgan fingerprint density at radius 3 is 2.62 bits per heavy atom. The quantitative estimate of drug-likeness (QED) is 0.793. The Kier molecular flexibility index (Phi) is 4.35. The van der Waals surface area contributed by atoms with E-state index < -0.39 is 0 Å². The van der Waals surface area contributed by atoms with Crippen LogP contribution < -0.4 is 10.9 Å². The Labute approximate surface area is 151 Å². The van der Waals surface area contributed by atoms with E-state index in [4.69, 9.17) is 0 Å². The van der Waals surface area contributed by atoms with Crippen LogP contribution in [0.25, 0.3) is 5.69 Å². The Morgan fingerprint density at radius 1 is 1.00 bits per heavy atom. The smallest absolute Gasteiger partial charge is 0.272 e. The molecule has 1 atom stereocenters. The van der Waals surface area contributed by atoms with Crippen LogP contribution in [-0.2, 0) is 6.42 Å². The molecule has 0 bridgehead atoms. The highest BCUT2D eigenvalue weighted by molar-refractivity contribution is 5.92. The molecule has 5 nitrogen and oxygen atoms in total. The molecule has 1 amide bonds. The minimum atomic E-state index is -0.268. The summed E-state index contributed by atoms with van der Waals surface area (Å²) in [5, 5.41) is 7.33. The highest BCUT2D eigenvalue weighted by atomic mass is 16.2. The molecule has 0 aliphatic heterocycles. The second-order valence-electron chi connectivity index (χ2n) is 6.42. The lowest BCUT2D eigenvalue weighted by Crippen LogP contribution is -2.33. The van der Waals surface area contributed by atoms with Crippen molar-refractivity contribution in [2.75, 3.05) is 0 Å². The van der Waals surface area contributed by atoms with Crippen LogP contribution >= 0.6 is 0 Å². The number of nitrogens with one attached hydrogen (secondary N) is 1. The number of benzene rings is 2. The lowest BCUT2D eigenvalue weighted by Gasteiger charge is -2.26. The van der Waals surface area contributed by atoms with Crippen molar-refractivity contribution in [1.29, 1.82) is 0 Å². The van der Waals surface area contributed by atoms with Crippen molar-refractivity contribution in [2.45, 2.75) is 25.3 Å². The van der Waals surface area contributed by atoms with Crippen LogP contribution in [0.1, 0.15) is 40.5 Å². The fourth-order valence-electron chi connectivity index (χ4n) is 3.42. The molecule has 1 heterocycles. The number of carbonyl (C=O) groups is 1. The Hall–Kier alpha value is -3.21. The second-order valence-corrected chi connectivity index (χ2v) is 6.42. The zero-order chi connectivity index (χ0) is 17.9. The van der Waals surface area contributed by atoms with Gasteiger partial charge in [-0.1, -0.05) is 42.5 Å². The third-order valence-corrected chi connectivity index (χ3v) is 4.71. The van der Waals surface area contributed by atoms with E-state index in [1.54, 1.807) is 12.1 Å². The average Bonchev–Trinajstić information content (AvgIpc) is 2.69. The number of aryl methyl sites for hydroxylation is 1. The van der Waals surface area contributed by atoms with E-state index in [9.17, 15) is 9.59 Å². The molecule has 1 aromatic heterocycles. The molecule has 130 valence electrons. The van der Waals surface area contributed by atoms with Gasteiger partial charge in [-0.3, -0.25) is 9.59 Å². The summed E-state index contributed by atoms with van der Waals surface area (Å²) >= 11 is 0. The molecule has 1 aliphatic carbocycles. The summed E-state index contributed by atoms with van der Waals surface area (Å²) < 4.78 is 1.25. The van der Waals surface area contributed by atoms with Gasteiger partial charge in [-0.25, -0.2) is 0 Å². The molecule has 1 unspecified atom stereocenters.